The van der Waals surface area contributed by atoms with Gasteiger partial charge in [-0.3, -0.25) is 4.68 Å². The third kappa shape index (κ3) is 8.54. The van der Waals surface area contributed by atoms with E-state index in [2.05, 4.69) is 46.9 Å². The Morgan fingerprint density at radius 2 is 1.93 bits per heavy atom. The van der Waals surface area contributed by atoms with Crippen molar-refractivity contribution in [3.05, 3.63) is 53.9 Å². The van der Waals surface area contributed by atoms with Gasteiger partial charge in [-0.25, -0.2) is 4.99 Å². The molecule has 0 saturated heterocycles. The number of aliphatic imine (C=N–C) groups is 1. The first kappa shape index (κ1) is 21.9. The van der Waals surface area contributed by atoms with Crippen LogP contribution in [0.25, 0.3) is 0 Å². The third-order valence-corrected chi connectivity index (χ3v) is 4.20. The molecule has 2 aromatic rings. The molecule has 2 N–H and O–H groups in total. The van der Waals surface area contributed by atoms with Crippen LogP contribution in [0.5, 0.6) is 0 Å². The van der Waals surface area contributed by atoms with E-state index in [1.807, 2.05) is 16.9 Å². The quantitative estimate of drug-likeness (QED) is 0.314. The molecule has 1 aromatic carbocycles. The molecule has 1 heterocycles. The van der Waals surface area contributed by atoms with Crippen molar-refractivity contribution >= 4 is 5.96 Å². The van der Waals surface area contributed by atoms with Gasteiger partial charge in [-0.15, -0.1) is 0 Å². The molecule has 2 rings (SSSR count). The number of nitrogens with zero attached hydrogens (tertiary/aromatic N) is 3. The number of nitrogens with one attached hydrogen (secondary N) is 2. The molecule has 0 spiro atoms. The maximum atomic E-state index is 5.48. The van der Waals surface area contributed by atoms with Crippen molar-refractivity contribution in [2.24, 2.45) is 4.99 Å². The Morgan fingerprint density at radius 3 is 2.68 bits per heavy atom. The Kier molecular flexibility index (Phi) is 10.8. The van der Waals surface area contributed by atoms with Crippen LogP contribution in [0.4, 0.5) is 0 Å². The number of aromatic nitrogens is 2. The highest BCUT2D eigenvalue weighted by Crippen LogP contribution is 2.11. The Labute approximate surface area is 168 Å². The lowest BCUT2D eigenvalue weighted by Gasteiger charge is -2.13. The van der Waals surface area contributed by atoms with E-state index < -0.39 is 0 Å². The molecule has 0 bridgehead atoms. The SMILES string of the molecule is CCNC(=NCc1ccccc1Cn1cccn1)NCCCCOCCOC. The van der Waals surface area contributed by atoms with Gasteiger partial charge in [-0.1, -0.05) is 24.3 Å². The van der Waals surface area contributed by atoms with Crippen molar-refractivity contribution < 1.29 is 9.47 Å². The van der Waals surface area contributed by atoms with Gasteiger partial charge in [-0.05, 0) is 37.0 Å². The highest BCUT2D eigenvalue weighted by molar-refractivity contribution is 5.79. The number of hydrogen-bond donors (Lipinski definition) is 2. The first-order valence-electron chi connectivity index (χ1n) is 9.96. The van der Waals surface area contributed by atoms with Crippen LogP contribution in [0.15, 0.2) is 47.7 Å². The van der Waals surface area contributed by atoms with Gasteiger partial charge in [0, 0.05) is 39.2 Å². The molecule has 28 heavy (non-hydrogen) atoms. The van der Waals surface area contributed by atoms with Gasteiger partial charge in [0.1, 0.15) is 0 Å². The molecule has 1 aromatic heterocycles. The first-order valence-corrected chi connectivity index (χ1v) is 9.96. The topological polar surface area (TPSA) is 72.7 Å². The van der Waals surface area contributed by atoms with Crippen LogP contribution in [-0.4, -0.2) is 55.8 Å². The highest BCUT2D eigenvalue weighted by Gasteiger charge is 2.04. The summed E-state index contributed by atoms with van der Waals surface area (Å²) in [6.45, 7) is 7.24. The predicted molar refractivity (Wildman–Crippen MR) is 113 cm³/mol. The normalized spacial score (nSPS) is 11.6. The van der Waals surface area contributed by atoms with Crippen LogP contribution < -0.4 is 10.6 Å². The molecule has 0 aliphatic heterocycles. The van der Waals surface area contributed by atoms with Crippen molar-refractivity contribution in [3.8, 4) is 0 Å². The van der Waals surface area contributed by atoms with Crippen LogP contribution in [0, 0.1) is 0 Å². The Hall–Kier alpha value is -2.38. The van der Waals surface area contributed by atoms with E-state index in [-0.39, 0.29) is 0 Å². The average Bonchev–Trinajstić information content (AvgIpc) is 3.22. The van der Waals surface area contributed by atoms with Gasteiger partial charge in [0.15, 0.2) is 5.96 Å². The molecule has 0 amide bonds. The second-order valence-electron chi connectivity index (χ2n) is 6.41. The minimum atomic E-state index is 0.632. The molecule has 0 atom stereocenters. The van der Waals surface area contributed by atoms with E-state index in [4.69, 9.17) is 14.5 Å². The summed E-state index contributed by atoms with van der Waals surface area (Å²) in [4.78, 5) is 4.75. The lowest BCUT2D eigenvalue weighted by atomic mass is 10.1. The summed E-state index contributed by atoms with van der Waals surface area (Å²) in [6.07, 6.45) is 5.83. The van der Waals surface area contributed by atoms with Crippen molar-refractivity contribution in [2.75, 3.05) is 40.0 Å². The summed E-state index contributed by atoms with van der Waals surface area (Å²) < 4.78 is 12.4. The zero-order valence-corrected chi connectivity index (χ0v) is 17.1. The van der Waals surface area contributed by atoms with Crippen LogP contribution in [0.1, 0.15) is 30.9 Å². The molecular formula is C21H33N5O2. The number of methoxy groups -OCH3 is 1. The summed E-state index contributed by atoms with van der Waals surface area (Å²) in [5.74, 6) is 0.844. The monoisotopic (exact) mass is 387 g/mol. The van der Waals surface area contributed by atoms with E-state index >= 15 is 0 Å². The summed E-state index contributed by atoms with van der Waals surface area (Å²) >= 11 is 0. The van der Waals surface area contributed by atoms with Crippen LogP contribution >= 0.6 is 0 Å². The van der Waals surface area contributed by atoms with Crippen LogP contribution in [0.2, 0.25) is 0 Å². The summed E-state index contributed by atoms with van der Waals surface area (Å²) in [7, 11) is 1.69. The van der Waals surface area contributed by atoms with Crippen LogP contribution in [0.3, 0.4) is 0 Å². The fraction of sp³-hybridized carbons (Fsp3) is 0.524. The van der Waals surface area contributed by atoms with Gasteiger partial charge < -0.3 is 20.1 Å². The minimum Gasteiger partial charge on any atom is -0.382 e. The summed E-state index contributed by atoms with van der Waals surface area (Å²) in [6, 6.07) is 10.3. The third-order valence-electron chi connectivity index (χ3n) is 4.20. The lowest BCUT2D eigenvalue weighted by molar-refractivity contribution is 0.0689. The van der Waals surface area contributed by atoms with E-state index in [0.29, 0.717) is 19.8 Å². The second-order valence-corrected chi connectivity index (χ2v) is 6.41. The van der Waals surface area contributed by atoms with Crippen molar-refractivity contribution in [2.45, 2.75) is 32.9 Å². The molecule has 0 aliphatic carbocycles. The summed E-state index contributed by atoms with van der Waals surface area (Å²) in [5, 5.41) is 11.0. The molecule has 0 radical (unpaired) electrons. The standard InChI is InChI=1S/C21H33N5O2/c1-3-22-21(23-11-6-7-14-28-16-15-27-2)24-17-19-9-4-5-10-20(19)18-26-13-8-12-25-26/h4-5,8-10,12-13H,3,6-7,11,14-18H2,1-2H3,(H2,22,23,24). The van der Waals surface area contributed by atoms with Gasteiger partial charge in [0.05, 0.1) is 26.3 Å². The number of hydrogen-bond acceptors (Lipinski definition) is 4. The average molecular weight is 388 g/mol. The van der Waals surface area contributed by atoms with Crippen molar-refractivity contribution in [1.29, 1.82) is 0 Å². The maximum absolute atomic E-state index is 5.48. The van der Waals surface area contributed by atoms with E-state index in [0.717, 1.165) is 45.0 Å². The zero-order chi connectivity index (χ0) is 19.9. The van der Waals surface area contributed by atoms with Crippen LogP contribution in [-0.2, 0) is 22.6 Å². The number of unbranched alkanes of at least 4 members (excludes halogenated alkanes) is 1. The van der Waals surface area contributed by atoms with Gasteiger partial charge in [0.2, 0.25) is 0 Å². The van der Waals surface area contributed by atoms with E-state index in [9.17, 15) is 0 Å². The molecule has 154 valence electrons. The molecule has 0 saturated carbocycles. The minimum absolute atomic E-state index is 0.632. The molecule has 0 aliphatic rings. The van der Waals surface area contributed by atoms with Crippen molar-refractivity contribution in [1.82, 2.24) is 20.4 Å². The van der Waals surface area contributed by atoms with E-state index in [1.54, 1.807) is 13.3 Å². The van der Waals surface area contributed by atoms with Gasteiger partial charge >= 0.3 is 0 Å². The zero-order valence-electron chi connectivity index (χ0n) is 17.1. The maximum Gasteiger partial charge on any atom is 0.191 e. The Balaban J connectivity index is 1.80. The predicted octanol–water partition coefficient (Wildman–Crippen LogP) is 2.43. The Morgan fingerprint density at radius 1 is 1.07 bits per heavy atom. The number of rotatable bonds is 13. The number of guanidine groups is 1. The van der Waals surface area contributed by atoms with Gasteiger partial charge in [0.25, 0.3) is 0 Å². The number of benzene rings is 1. The largest absolute Gasteiger partial charge is 0.382 e. The lowest BCUT2D eigenvalue weighted by Crippen LogP contribution is -2.37. The number of ether oxygens (including phenoxy) is 2. The Bertz CT molecular complexity index is 673. The molecule has 7 nitrogen and oxygen atoms in total. The van der Waals surface area contributed by atoms with E-state index in [1.165, 1.54) is 11.1 Å². The smallest absolute Gasteiger partial charge is 0.191 e. The molecule has 0 unspecified atom stereocenters. The molecule has 0 fully saturated rings. The van der Waals surface area contributed by atoms with Crippen molar-refractivity contribution in [3.63, 3.8) is 0 Å². The fourth-order valence-corrected chi connectivity index (χ4v) is 2.72. The summed E-state index contributed by atoms with van der Waals surface area (Å²) in [5.41, 5.74) is 2.45. The molecule has 7 heteroatoms. The second kappa shape index (κ2) is 13.7. The first-order chi connectivity index (χ1) is 13.8. The van der Waals surface area contributed by atoms with Gasteiger partial charge in [-0.2, -0.15) is 5.10 Å². The highest BCUT2D eigenvalue weighted by atomic mass is 16.5. The fourth-order valence-electron chi connectivity index (χ4n) is 2.72. The molecular weight excluding hydrogens is 354 g/mol.